The topological polar surface area (TPSA) is 28.2 Å². The minimum absolute atomic E-state index is 0. The van der Waals surface area contributed by atoms with Crippen LogP contribution in [0.4, 0.5) is 0 Å². The first kappa shape index (κ1) is 22.0. The second-order valence-corrected chi connectivity index (χ2v) is 19.5. The van der Waals surface area contributed by atoms with E-state index in [1.54, 1.807) is 0 Å². The molecule has 0 unspecified atom stereocenters. The Balaban J connectivity index is -0.000000720. The summed E-state index contributed by atoms with van der Waals surface area (Å²) >= 11 is 0. The zero-order chi connectivity index (χ0) is 10.9. The van der Waals surface area contributed by atoms with Crippen LogP contribution in [0.2, 0.25) is 52.4 Å². The van der Waals surface area contributed by atoms with Crippen LogP contribution < -0.4 is 37.7 Å². The molecule has 0 aromatic heterocycles. The van der Waals surface area contributed by atoms with Crippen molar-refractivity contribution in [3.63, 3.8) is 0 Å². The maximum atomic E-state index is 4.97. The van der Waals surface area contributed by atoms with Crippen LogP contribution in [-0.4, -0.2) is 24.9 Å². The van der Waals surface area contributed by atoms with Crippen molar-refractivity contribution in [1.82, 2.24) is 0 Å². The van der Waals surface area contributed by atoms with Crippen molar-refractivity contribution in [2.45, 2.75) is 52.4 Å². The number of nitrogens with zero attached hydrogens (tertiary/aromatic N) is 2. The zero-order valence-electron chi connectivity index (χ0n) is 12.4. The van der Waals surface area contributed by atoms with E-state index in [0.29, 0.717) is 0 Å². The molecule has 0 amide bonds. The molecule has 0 saturated carbocycles. The van der Waals surface area contributed by atoms with Crippen LogP contribution in [-0.2, 0) is 0 Å². The quantitative estimate of drug-likeness (QED) is 0.519. The third kappa shape index (κ3) is 15.8. The fraction of sp³-hybridized carbons (Fsp3) is 1.00. The summed E-state index contributed by atoms with van der Waals surface area (Å²) in [6, 6.07) is 0. The molecule has 0 bridgehead atoms. The van der Waals surface area contributed by atoms with Gasteiger partial charge in [0.25, 0.3) is 0 Å². The summed E-state index contributed by atoms with van der Waals surface area (Å²) in [5.41, 5.74) is 0. The van der Waals surface area contributed by atoms with Crippen LogP contribution in [0.15, 0.2) is 0 Å². The van der Waals surface area contributed by atoms with Crippen LogP contribution in [0.1, 0.15) is 0 Å². The minimum Gasteiger partial charge on any atom is -0.683 e. The summed E-state index contributed by atoms with van der Waals surface area (Å²) in [7, 11) is -4.16. The third-order valence-electron chi connectivity index (χ3n) is 1.22. The predicted molar refractivity (Wildman–Crippen MR) is 70.9 cm³/mol. The minimum atomic E-state index is -1.60. The number of hydrogen-bond donors (Lipinski definition) is 0. The molecule has 7 heteroatoms. The first-order valence-corrected chi connectivity index (χ1v) is 14.7. The van der Waals surface area contributed by atoms with E-state index in [1.165, 1.54) is 0 Å². The Kier molecular flexibility index (Phi) is 10.6. The van der Waals surface area contributed by atoms with Crippen LogP contribution >= 0.6 is 0 Å². The van der Waals surface area contributed by atoms with Crippen molar-refractivity contribution in [2.75, 3.05) is 0 Å². The molecule has 0 aliphatic heterocycles. The van der Waals surface area contributed by atoms with Gasteiger partial charge in [0, 0.05) is 0 Å². The van der Waals surface area contributed by atoms with E-state index < -0.39 is 24.9 Å². The molecule has 0 spiro atoms. The van der Waals surface area contributed by atoms with Crippen LogP contribution in [0.5, 0.6) is 0 Å². The maximum absolute atomic E-state index is 4.97. The van der Waals surface area contributed by atoms with E-state index in [1.807, 2.05) is 0 Å². The van der Waals surface area contributed by atoms with Gasteiger partial charge in [-0.2, -0.15) is 8.40 Å². The summed E-state index contributed by atoms with van der Waals surface area (Å²) in [6.45, 7) is 18.3. The molecule has 0 fully saturated rings. The van der Waals surface area contributed by atoms with Crippen molar-refractivity contribution < 1.29 is 37.7 Å². The van der Waals surface area contributed by atoms with Gasteiger partial charge in [0.15, 0.2) is 0 Å². The summed E-state index contributed by atoms with van der Waals surface area (Å²) in [5, 5.41) is 0. The molecular weight excluding hydrogens is 222 g/mol. The molecule has 80 valence electrons. The normalized spacial score (nSPS) is 12.8. The van der Waals surface area contributed by atoms with Gasteiger partial charge in [-0.15, -0.1) is 13.1 Å². The summed E-state index contributed by atoms with van der Waals surface area (Å²) in [5.74, 6) is 0. The zero-order valence-corrected chi connectivity index (χ0v) is 15.4. The summed E-state index contributed by atoms with van der Waals surface area (Å²) < 4.78 is 9.94. The molecular formula is C8H24Li2N2Si3. The van der Waals surface area contributed by atoms with Crippen LogP contribution in [0, 0.1) is 0 Å². The first-order chi connectivity index (χ1) is 5.41. The molecule has 0 aliphatic rings. The van der Waals surface area contributed by atoms with E-state index in [2.05, 4.69) is 52.4 Å². The summed E-state index contributed by atoms with van der Waals surface area (Å²) in [4.78, 5) is 0. The average Bonchev–Trinajstić information content (AvgIpc) is 1.43. The average molecular weight is 246 g/mol. The van der Waals surface area contributed by atoms with E-state index in [9.17, 15) is 0 Å². The van der Waals surface area contributed by atoms with Gasteiger partial charge in [-0.3, -0.25) is 0 Å². The fourth-order valence-corrected chi connectivity index (χ4v) is 15.4. The van der Waals surface area contributed by atoms with Crippen molar-refractivity contribution in [3.8, 4) is 0 Å². The molecule has 0 radical (unpaired) electrons. The Morgan fingerprint density at radius 1 is 0.533 bits per heavy atom. The van der Waals surface area contributed by atoms with Gasteiger partial charge >= 0.3 is 37.7 Å². The second kappa shape index (κ2) is 7.26. The molecule has 0 rings (SSSR count). The molecule has 0 aromatic rings. The van der Waals surface area contributed by atoms with E-state index in [0.717, 1.165) is 0 Å². The molecule has 0 heterocycles. The number of rotatable bonds is 4. The Bertz CT molecular complexity index is 158. The summed E-state index contributed by atoms with van der Waals surface area (Å²) in [6.07, 6.45) is 0. The van der Waals surface area contributed by atoms with Gasteiger partial charge in [-0.25, -0.2) is 0 Å². The van der Waals surface area contributed by atoms with Gasteiger partial charge in [-0.1, -0.05) is 55.8 Å². The second-order valence-electron chi connectivity index (χ2n) is 6.06. The van der Waals surface area contributed by atoms with Gasteiger partial charge < -0.3 is 9.30 Å². The predicted octanol–water partition coefficient (Wildman–Crippen LogP) is -1.89. The molecule has 2 nitrogen and oxygen atoms in total. The van der Waals surface area contributed by atoms with Crippen molar-refractivity contribution in [3.05, 3.63) is 9.30 Å². The fourth-order valence-electron chi connectivity index (χ4n) is 1.67. The Hall–Kier alpha value is 1.77. The largest absolute Gasteiger partial charge is 1.00 e. The van der Waals surface area contributed by atoms with Gasteiger partial charge in [-0.05, 0) is 0 Å². The molecule has 0 atom stereocenters. The van der Waals surface area contributed by atoms with Crippen molar-refractivity contribution >= 4 is 24.9 Å². The Morgan fingerprint density at radius 3 is 0.867 bits per heavy atom. The molecule has 0 aromatic carbocycles. The molecule has 0 N–H and O–H groups in total. The van der Waals surface area contributed by atoms with Gasteiger partial charge in [0.1, 0.15) is 0 Å². The molecule has 0 aliphatic carbocycles. The molecule has 15 heavy (non-hydrogen) atoms. The SMILES string of the molecule is C[Si](C)(C)[N-][Si](C)(C)[N-][Si](C)(C)C.[Li+].[Li+]. The van der Waals surface area contributed by atoms with E-state index in [-0.39, 0.29) is 37.7 Å². The van der Waals surface area contributed by atoms with Crippen molar-refractivity contribution in [1.29, 1.82) is 0 Å². The van der Waals surface area contributed by atoms with Crippen LogP contribution in [0.25, 0.3) is 9.30 Å². The Labute approximate surface area is 123 Å². The number of hydrogen-bond acceptors (Lipinski definition) is 0. The monoisotopic (exact) mass is 246 g/mol. The van der Waals surface area contributed by atoms with Crippen molar-refractivity contribution in [2.24, 2.45) is 0 Å². The first-order valence-electron chi connectivity index (χ1n) is 4.89. The maximum Gasteiger partial charge on any atom is 1.00 e. The van der Waals surface area contributed by atoms with Crippen LogP contribution in [0.3, 0.4) is 0 Å². The van der Waals surface area contributed by atoms with Gasteiger partial charge in [0.2, 0.25) is 0 Å². The van der Waals surface area contributed by atoms with E-state index in [4.69, 9.17) is 9.30 Å². The van der Waals surface area contributed by atoms with E-state index >= 15 is 0 Å². The Morgan fingerprint density at radius 2 is 0.733 bits per heavy atom. The third-order valence-corrected chi connectivity index (χ3v) is 11.0. The molecule has 0 saturated heterocycles. The standard InChI is InChI=1S/C8H24N2Si3.2Li/c1-11(2,3)9-13(7,8)10-12(4,5)6;;/h1-8H3;;/q-2;2*+1. The smallest absolute Gasteiger partial charge is 0.683 e. The van der Waals surface area contributed by atoms with Gasteiger partial charge in [0.05, 0.1) is 0 Å².